The summed E-state index contributed by atoms with van der Waals surface area (Å²) in [7, 11) is 0. The van der Waals surface area contributed by atoms with Crippen LogP contribution in [-0.2, 0) is 0 Å². The lowest BCUT2D eigenvalue weighted by molar-refractivity contribution is 0.624. The van der Waals surface area contributed by atoms with Crippen LogP contribution in [0.15, 0.2) is 29.6 Å². The Morgan fingerprint density at radius 1 is 1.24 bits per heavy atom. The van der Waals surface area contributed by atoms with E-state index in [4.69, 9.17) is 0 Å². The molecule has 0 bridgehead atoms. The van der Waals surface area contributed by atoms with Crippen LogP contribution in [0.5, 0.6) is 0 Å². The summed E-state index contributed by atoms with van der Waals surface area (Å²) in [6.45, 7) is 1.24. The van der Waals surface area contributed by atoms with Crippen molar-refractivity contribution >= 4 is 21.4 Å². The normalized spacial score (nSPS) is 27.5. The Morgan fingerprint density at radius 3 is 3.00 bits per heavy atom. The molecule has 2 aromatic rings. The number of rotatable bonds is 4. The number of thiophene rings is 1. The minimum atomic E-state index is 0.831. The van der Waals surface area contributed by atoms with Crippen LogP contribution in [-0.4, -0.2) is 12.6 Å². The first-order chi connectivity index (χ1) is 8.42. The monoisotopic (exact) mass is 243 g/mol. The zero-order valence-corrected chi connectivity index (χ0v) is 10.7. The van der Waals surface area contributed by atoms with Gasteiger partial charge in [0.05, 0.1) is 0 Å². The molecule has 0 saturated heterocycles. The average molecular weight is 243 g/mol. The van der Waals surface area contributed by atoms with E-state index in [0.717, 1.165) is 17.9 Å². The molecule has 2 unspecified atom stereocenters. The second kappa shape index (κ2) is 3.82. The van der Waals surface area contributed by atoms with Gasteiger partial charge in [0.2, 0.25) is 0 Å². The van der Waals surface area contributed by atoms with Gasteiger partial charge in [-0.15, -0.1) is 11.3 Å². The number of hydrogen-bond acceptors (Lipinski definition) is 2. The van der Waals surface area contributed by atoms with Gasteiger partial charge in [0, 0.05) is 10.7 Å². The van der Waals surface area contributed by atoms with Crippen molar-refractivity contribution in [2.75, 3.05) is 6.54 Å². The second-order valence-corrected chi connectivity index (χ2v) is 6.38. The van der Waals surface area contributed by atoms with Crippen molar-refractivity contribution in [3.63, 3.8) is 0 Å². The van der Waals surface area contributed by atoms with Gasteiger partial charge in [0.25, 0.3) is 0 Å². The van der Waals surface area contributed by atoms with Crippen LogP contribution >= 0.6 is 11.3 Å². The fraction of sp³-hybridized carbons (Fsp3) is 0.467. The Balaban J connectivity index is 1.51. The molecular formula is C15H17NS. The van der Waals surface area contributed by atoms with Crippen molar-refractivity contribution in [2.24, 2.45) is 5.92 Å². The van der Waals surface area contributed by atoms with Gasteiger partial charge < -0.3 is 5.32 Å². The first-order valence-electron chi connectivity index (χ1n) is 6.61. The quantitative estimate of drug-likeness (QED) is 0.862. The molecule has 2 heteroatoms. The minimum absolute atomic E-state index is 0.831. The number of hydrogen-bond donors (Lipinski definition) is 1. The first kappa shape index (κ1) is 10.1. The predicted molar refractivity (Wildman–Crippen MR) is 73.7 cm³/mol. The first-order valence-corrected chi connectivity index (χ1v) is 7.49. The van der Waals surface area contributed by atoms with Gasteiger partial charge in [-0.05, 0) is 60.0 Å². The Morgan fingerprint density at radius 2 is 2.12 bits per heavy atom. The summed E-state index contributed by atoms with van der Waals surface area (Å²) in [5.74, 6) is 1.73. The Hall–Kier alpha value is -0.860. The van der Waals surface area contributed by atoms with Crippen molar-refractivity contribution in [2.45, 2.75) is 31.2 Å². The van der Waals surface area contributed by atoms with Gasteiger partial charge in [-0.25, -0.2) is 0 Å². The van der Waals surface area contributed by atoms with E-state index in [1.54, 1.807) is 5.56 Å². The Labute approximate surface area is 106 Å². The summed E-state index contributed by atoms with van der Waals surface area (Å²) in [6.07, 6.45) is 4.19. The fourth-order valence-corrected chi connectivity index (χ4v) is 3.77. The molecule has 2 aliphatic carbocycles. The summed E-state index contributed by atoms with van der Waals surface area (Å²) in [4.78, 5) is 0. The third-order valence-electron chi connectivity index (χ3n) is 4.08. The Bertz CT molecular complexity index is 541. The van der Waals surface area contributed by atoms with E-state index < -0.39 is 0 Å². The molecule has 1 N–H and O–H groups in total. The molecule has 0 radical (unpaired) electrons. The molecule has 1 aromatic heterocycles. The predicted octanol–water partition coefficient (Wildman–Crippen LogP) is 3.76. The minimum Gasteiger partial charge on any atom is -0.314 e. The smallest absolute Gasteiger partial charge is 0.0345 e. The molecular weight excluding hydrogens is 226 g/mol. The Kier molecular flexibility index (Phi) is 2.27. The van der Waals surface area contributed by atoms with Gasteiger partial charge in [-0.1, -0.05) is 18.2 Å². The standard InChI is InChI=1S/C15H17NS/c1-2-4-15-12(3-1)14(9-17-15)13-7-10(13)8-16-11-5-6-11/h1-4,9-11,13,16H,5-8H2. The van der Waals surface area contributed by atoms with Crippen molar-refractivity contribution in [3.8, 4) is 0 Å². The van der Waals surface area contributed by atoms with Gasteiger partial charge >= 0.3 is 0 Å². The zero-order valence-electron chi connectivity index (χ0n) is 9.86. The van der Waals surface area contributed by atoms with Gasteiger partial charge in [-0.3, -0.25) is 0 Å². The van der Waals surface area contributed by atoms with Crippen molar-refractivity contribution in [3.05, 3.63) is 35.2 Å². The van der Waals surface area contributed by atoms with E-state index in [9.17, 15) is 0 Å². The summed E-state index contributed by atoms with van der Waals surface area (Å²) in [6, 6.07) is 9.68. The van der Waals surface area contributed by atoms with E-state index in [1.165, 1.54) is 35.9 Å². The molecule has 1 nitrogen and oxygen atoms in total. The average Bonchev–Trinajstić information content (AvgIpc) is 3.26. The third-order valence-corrected chi connectivity index (χ3v) is 5.06. The lowest BCUT2D eigenvalue weighted by Gasteiger charge is -2.01. The highest BCUT2D eigenvalue weighted by molar-refractivity contribution is 7.17. The van der Waals surface area contributed by atoms with Crippen LogP contribution in [0.2, 0.25) is 0 Å². The highest BCUT2D eigenvalue weighted by Gasteiger charge is 2.40. The van der Waals surface area contributed by atoms with E-state index in [2.05, 4.69) is 35.0 Å². The summed E-state index contributed by atoms with van der Waals surface area (Å²) in [5.41, 5.74) is 1.60. The van der Waals surface area contributed by atoms with Crippen molar-refractivity contribution in [1.82, 2.24) is 5.32 Å². The maximum atomic E-state index is 3.66. The number of benzene rings is 1. The van der Waals surface area contributed by atoms with Crippen LogP contribution < -0.4 is 5.32 Å². The second-order valence-electron chi connectivity index (χ2n) is 5.47. The van der Waals surface area contributed by atoms with Gasteiger partial charge in [-0.2, -0.15) is 0 Å². The molecule has 0 amide bonds. The van der Waals surface area contributed by atoms with E-state index >= 15 is 0 Å². The highest BCUT2D eigenvalue weighted by atomic mass is 32.1. The van der Waals surface area contributed by atoms with Crippen molar-refractivity contribution in [1.29, 1.82) is 0 Å². The molecule has 88 valence electrons. The fourth-order valence-electron chi connectivity index (χ4n) is 2.75. The van der Waals surface area contributed by atoms with Crippen LogP contribution in [0.4, 0.5) is 0 Å². The van der Waals surface area contributed by atoms with Crippen molar-refractivity contribution < 1.29 is 0 Å². The molecule has 2 saturated carbocycles. The molecule has 2 aliphatic rings. The lowest BCUT2D eigenvalue weighted by Crippen LogP contribution is -2.19. The zero-order chi connectivity index (χ0) is 11.2. The number of fused-ring (bicyclic) bond motifs is 1. The van der Waals surface area contributed by atoms with E-state index in [1.807, 2.05) is 11.3 Å². The lowest BCUT2D eigenvalue weighted by atomic mass is 10.1. The highest BCUT2D eigenvalue weighted by Crippen LogP contribution is 2.50. The molecule has 1 heterocycles. The summed E-state index contributed by atoms with van der Waals surface area (Å²) in [5, 5.41) is 7.54. The maximum Gasteiger partial charge on any atom is 0.0345 e. The van der Waals surface area contributed by atoms with E-state index in [0.29, 0.717) is 0 Å². The third kappa shape index (κ3) is 1.90. The van der Waals surface area contributed by atoms with Crippen LogP contribution in [0.3, 0.4) is 0 Å². The van der Waals surface area contributed by atoms with Crippen LogP contribution in [0.25, 0.3) is 10.1 Å². The molecule has 0 aliphatic heterocycles. The molecule has 2 atom stereocenters. The SMILES string of the molecule is c1ccc2c(C3CC3CNC3CC3)csc2c1. The topological polar surface area (TPSA) is 12.0 Å². The van der Waals surface area contributed by atoms with Gasteiger partial charge in [0.1, 0.15) is 0 Å². The van der Waals surface area contributed by atoms with Crippen LogP contribution in [0, 0.1) is 5.92 Å². The summed E-state index contributed by atoms with van der Waals surface area (Å²) >= 11 is 1.90. The molecule has 1 aromatic carbocycles. The largest absolute Gasteiger partial charge is 0.314 e. The molecule has 4 rings (SSSR count). The van der Waals surface area contributed by atoms with E-state index in [-0.39, 0.29) is 0 Å². The van der Waals surface area contributed by atoms with Crippen LogP contribution in [0.1, 0.15) is 30.7 Å². The molecule has 2 fully saturated rings. The number of nitrogens with one attached hydrogen (secondary N) is 1. The molecule has 17 heavy (non-hydrogen) atoms. The maximum absolute atomic E-state index is 3.66. The molecule has 0 spiro atoms. The summed E-state index contributed by atoms with van der Waals surface area (Å²) < 4.78 is 1.45. The van der Waals surface area contributed by atoms with Gasteiger partial charge in [0.15, 0.2) is 0 Å².